The van der Waals surface area contributed by atoms with Crippen LogP contribution in [0.3, 0.4) is 0 Å². The van der Waals surface area contributed by atoms with Gasteiger partial charge >= 0.3 is 15.6 Å². The molecule has 0 bridgehead atoms. The second-order valence-electron chi connectivity index (χ2n) is 3.11. The second kappa shape index (κ2) is 5.34. The molecule has 90 valence electrons. The minimum Gasteiger partial charge on any atom is -0.389 e. The van der Waals surface area contributed by atoms with E-state index < -0.39 is 21.2 Å². The smallest absolute Gasteiger partial charge is 0.389 e. The molecule has 15 heavy (non-hydrogen) atoms. The SMILES string of the molecule is C#CCC(C)(C)O.O=S(=O)(O)C(F)(F)F. The van der Waals surface area contributed by atoms with Crippen molar-refractivity contribution in [3.63, 3.8) is 0 Å². The van der Waals surface area contributed by atoms with Crippen LogP contribution in [0, 0.1) is 12.3 Å². The van der Waals surface area contributed by atoms with Crippen molar-refractivity contribution in [3.05, 3.63) is 0 Å². The summed E-state index contributed by atoms with van der Waals surface area (Å²) in [5.74, 6) is 2.36. The van der Waals surface area contributed by atoms with Gasteiger partial charge in [0.2, 0.25) is 0 Å². The summed E-state index contributed by atoms with van der Waals surface area (Å²) in [5.41, 5.74) is -6.22. The molecule has 0 aliphatic heterocycles. The van der Waals surface area contributed by atoms with E-state index in [0.29, 0.717) is 6.42 Å². The largest absolute Gasteiger partial charge is 0.522 e. The number of alkyl halides is 3. The number of aliphatic hydroxyl groups is 1. The van der Waals surface area contributed by atoms with Crippen molar-refractivity contribution < 1.29 is 31.2 Å². The van der Waals surface area contributed by atoms with Crippen LogP contribution in [0.1, 0.15) is 20.3 Å². The number of rotatable bonds is 1. The summed E-state index contributed by atoms with van der Waals surface area (Å²) in [6.45, 7) is 3.37. The highest BCUT2D eigenvalue weighted by atomic mass is 32.2. The monoisotopic (exact) mass is 248 g/mol. The maximum absolute atomic E-state index is 10.7. The molecule has 0 amide bonds. The molecule has 4 nitrogen and oxygen atoms in total. The molecule has 0 aromatic heterocycles. The standard InChI is InChI=1S/C6H10O.CHF3O3S/c1-4-5-6(2,3)7;2-1(3,4)8(5,6)7/h1,7H,5H2,2-3H3;(H,5,6,7). The second-order valence-corrected chi connectivity index (χ2v) is 4.53. The molecule has 0 atom stereocenters. The van der Waals surface area contributed by atoms with Crippen molar-refractivity contribution >= 4 is 10.1 Å². The zero-order valence-electron chi connectivity index (χ0n) is 8.04. The van der Waals surface area contributed by atoms with E-state index in [0.717, 1.165) is 0 Å². The molecule has 0 aromatic rings. The fraction of sp³-hybridized carbons (Fsp3) is 0.714. The van der Waals surface area contributed by atoms with Crippen LogP contribution in [-0.4, -0.2) is 29.2 Å². The molecule has 0 aliphatic rings. The molecular weight excluding hydrogens is 237 g/mol. The average molecular weight is 248 g/mol. The summed E-state index contributed by atoms with van der Waals surface area (Å²) >= 11 is 0. The Morgan fingerprint density at radius 2 is 1.60 bits per heavy atom. The van der Waals surface area contributed by atoms with E-state index in [1.54, 1.807) is 13.8 Å². The number of terminal acetylenes is 1. The highest BCUT2D eigenvalue weighted by molar-refractivity contribution is 7.86. The van der Waals surface area contributed by atoms with E-state index in [-0.39, 0.29) is 0 Å². The van der Waals surface area contributed by atoms with E-state index in [9.17, 15) is 13.2 Å². The summed E-state index contributed by atoms with van der Waals surface area (Å²) in [4.78, 5) is 0. The molecule has 8 heteroatoms. The Labute approximate surface area is 85.9 Å². The lowest BCUT2D eigenvalue weighted by molar-refractivity contribution is -0.0510. The molecule has 0 unspecified atom stereocenters. The van der Waals surface area contributed by atoms with Crippen LogP contribution in [0.15, 0.2) is 0 Å². The van der Waals surface area contributed by atoms with Gasteiger partial charge in [-0.25, -0.2) is 0 Å². The van der Waals surface area contributed by atoms with Crippen molar-refractivity contribution in [3.8, 4) is 12.3 Å². The zero-order chi connectivity index (χ0) is 12.9. The molecule has 2 N–H and O–H groups in total. The van der Waals surface area contributed by atoms with Crippen LogP contribution in [0.25, 0.3) is 0 Å². The van der Waals surface area contributed by atoms with Crippen molar-refractivity contribution in [1.29, 1.82) is 0 Å². The Balaban J connectivity index is 0. The Morgan fingerprint density at radius 3 is 1.60 bits per heavy atom. The molecule has 0 spiro atoms. The lowest BCUT2D eigenvalue weighted by Gasteiger charge is -2.10. The predicted molar refractivity (Wildman–Crippen MR) is 47.4 cm³/mol. The summed E-state index contributed by atoms with van der Waals surface area (Å²) in [6, 6.07) is 0. The zero-order valence-corrected chi connectivity index (χ0v) is 8.85. The van der Waals surface area contributed by atoms with Gasteiger partial charge in [0.25, 0.3) is 0 Å². The summed E-state index contributed by atoms with van der Waals surface area (Å²) in [7, 11) is -5.84. The van der Waals surface area contributed by atoms with Crippen LogP contribution < -0.4 is 0 Å². The van der Waals surface area contributed by atoms with E-state index >= 15 is 0 Å². The van der Waals surface area contributed by atoms with Crippen molar-refractivity contribution in [2.75, 3.05) is 0 Å². The van der Waals surface area contributed by atoms with Gasteiger partial charge < -0.3 is 5.11 Å². The van der Waals surface area contributed by atoms with Gasteiger partial charge in [-0.05, 0) is 13.8 Å². The lowest BCUT2D eigenvalue weighted by atomic mass is 10.1. The molecule has 0 aliphatic carbocycles. The fourth-order valence-corrected chi connectivity index (χ4v) is 0.250. The predicted octanol–water partition coefficient (Wildman–Crippen LogP) is 1.17. The third kappa shape index (κ3) is 11.1. The first-order valence-electron chi connectivity index (χ1n) is 3.51. The molecule has 0 rings (SSSR count). The summed E-state index contributed by atoms with van der Waals surface area (Å²) < 4.78 is 57.5. The average Bonchev–Trinajstić information content (AvgIpc) is 1.79. The van der Waals surface area contributed by atoms with Crippen molar-refractivity contribution in [2.24, 2.45) is 0 Å². The Morgan fingerprint density at radius 1 is 1.33 bits per heavy atom. The van der Waals surface area contributed by atoms with E-state index in [4.69, 9.17) is 24.5 Å². The Kier molecular flexibility index (Phi) is 5.93. The minimum absolute atomic E-state index is 0.424. The van der Waals surface area contributed by atoms with Gasteiger partial charge in [0, 0.05) is 6.42 Å². The van der Waals surface area contributed by atoms with Crippen molar-refractivity contribution in [2.45, 2.75) is 31.4 Å². The van der Waals surface area contributed by atoms with E-state index in [2.05, 4.69) is 5.92 Å². The molecular formula is C7H11F3O4S. The third-order valence-corrected chi connectivity index (χ3v) is 1.41. The molecule has 0 radical (unpaired) electrons. The molecule has 0 saturated carbocycles. The van der Waals surface area contributed by atoms with Crippen LogP contribution in [0.4, 0.5) is 13.2 Å². The van der Waals surface area contributed by atoms with Crippen LogP contribution in [-0.2, 0) is 10.1 Å². The Bertz CT molecular complexity index is 318. The van der Waals surface area contributed by atoms with Gasteiger partial charge in [-0.15, -0.1) is 12.3 Å². The fourth-order valence-electron chi connectivity index (χ4n) is 0.250. The highest BCUT2D eigenvalue weighted by Gasteiger charge is 2.44. The summed E-state index contributed by atoms with van der Waals surface area (Å²) in [6.07, 6.45) is 5.33. The van der Waals surface area contributed by atoms with Crippen LogP contribution in [0.5, 0.6) is 0 Å². The van der Waals surface area contributed by atoms with Gasteiger partial charge in [-0.1, -0.05) is 0 Å². The molecule has 0 aromatic carbocycles. The van der Waals surface area contributed by atoms with Gasteiger partial charge in [0.15, 0.2) is 0 Å². The normalized spacial score (nSPS) is 12.4. The van der Waals surface area contributed by atoms with Gasteiger partial charge in [0.05, 0.1) is 5.60 Å². The van der Waals surface area contributed by atoms with E-state index in [1.807, 2.05) is 0 Å². The number of halogens is 3. The summed E-state index contributed by atoms with van der Waals surface area (Å²) in [5, 5.41) is 8.88. The van der Waals surface area contributed by atoms with Crippen molar-refractivity contribution in [1.82, 2.24) is 0 Å². The molecule has 0 saturated heterocycles. The first-order valence-corrected chi connectivity index (χ1v) is 4.95. The van der Waals surface area contributed by atoms with E-state index in [1.165, 1.54) is 0 Å². The maximum atomic E-state index is 10.7. The van der Waals surface area contributed by atoms with Crippen LogP contribution in [0.2, 0.25) is 0 Å². The van der Waals surface area contributed by atoms with Gasteiger partial charge in [0.1, 0.15) is 0 Å². The lowest BCUT2D eigenvalue weighted by Crippen LogP contribution is -2.21. The van der Waals surface area contributed by atoms with Gasteiger partial charge in [-0.2, -0.15) is 21.6 Å². The highest BCUT2D eigenvalue weighted by Crippen LogP contribution is 2.20. The molecule has 0 fully saturated rings. The first kappa shape index (κ1) is 16.6. The Hall–Kier alpha value is -0.780. The number of hydrogen-bond acceptors (Lipinski definition) is 3. The topological polar surface area (TPSA) is 74.6 Å². The van der Waals surface area contributed by atoms with Gasteiger partial charge in [-0.3, -0.25) is 4.55 Å². The third-order valence-electron chi connectivity index (χ3n) is 0.827. The quantitative estimate of drug-likeness (QED) is 0.415. The minimum atomic E-state index is -5.84. The first-order chi connectivity index (χ1) is 6.31. The maximum Gasteiger partial charge on any atom is 0.522 e. The van der Waals surface area contributed by atoms with Crippen LogP contribution >= 0.6 is 0 Å². The molecule has 0 heterocycles. The number of hydrogen-bond donors (Lipinski definition) is 2.